The Kier molecular flexibility index (Phi) is 6.33. The quantitative estimate of drug-likeness (QED) is 0.627. The van der Waals surface area contributed by atoms with E-state index in [9.17, 15) is 4.39 Å². The molecule has 0 saturated heterocycles. The van der Waals surface area contributed by atoms with Gasteiger partial charge in [-0.15, -0.1) is 5.10 Å². The van der Waals surface area contributed by atoms with Gasteiger partial charge in [0.2, 0.25) is 5.95 Å². The van der Waals surface area contributed by atoms with Crippen LogP contribution in [0.15, 0.2) is 54.7 Å². The van der Waals surface area contributed by atoms with Crippen molar-refractivity contribution < 1.29 is 4.39 Å². The van der Waals surface area contributed by atoms with E-state index in [-0.39, 0.29) is 5.82 Å². The van der Waals surface area contributed by atoms with Crippen molar-refractivity contribution in [3.63, 3.8) is 0 Å². The first-order valence-electron chi connectivity index (χ1n) is 8.36. The van der Waals surface area contributed by atoms with E-state index in [1.54, 1.807) is 18.3 Å². The van der Waals surface area contributed by atoms with Crippen LogP contribution in [0, 0.1) is 5.82 Å². The van der Waals surface area contributed by atoms with E-state index in [1.807, 2.05) is 30.3 Å². The lowest BCUT2D eigenvalue weighted by molar-refractivity contribution is 0.610. The smallest absolute Gasteiger partial charge is 0.244 e. The summed E-state index contributed by atoms with van der Waals surface area (Å²) < 4.78 is 13.6. The standard InChI is InChI=1S/C19H19ClFN5/c20-16-7-5-14(6-8-16)9-11-23-19-25-18(13-24-26-19)22-12-10-15-3-1-2-4-17(15)21/h1-8,13H,9-12H2,(H2,22,23,25,26). The van der Waals surface area contributed by atoms with Crippen LogP contribution in [0.2, 0.25) is 5.02 Å². The molecule has 0 amide bonds. The van der Waals surface area contributed by atoms with Crippen LogP contribution in [0.3, 0.4) is 0 Å². The number of nitrogens with zero attached hydrogens (tertiary/aromatic N) is 3. The summed E-state index contributed by atoms with van der Waals surface area (Å²) in [6.45, 7) is 1.24. The molecule has 0 fully saturated rings. The second-order valence-corrected chi connectivity index (χ2v) is 6.17. The summed E-state index contributed by atoms with van der Waals surface area (Å²) in [7, 11) is 0. The highest BCUT2D eigenvalue weighted by Gasteiger charge is 2.03. The topological polar surface area (TPSA) is 62.7 Å². The lowest BCUT2D eigenvalue weighted by atomic mass is 10.1. The predicted molar refractivity (Wildman–Crippen MR) is 102 cm³/mol. The maximum absolute atomic E-state index is 13.6. The van der Waals surface area contributed by atoms with Crippen molar-refractivity contribution in [2.75, 3.05) is 23.7 Å². The number of anilines is 2. The van der Waals surface area contributed by atoms with Crippen LogP contribution in [-0.4, -0.2) is 28.3 Å². The highest BCUT2D eigenvalue weighted by atomic mass is 35.5. The van der Waals surface area contributed by atoms with Gasteiger partial charge in [0.1, 0.15) is 5.82 Å². The average molecular weight is 372 g/mol. The first-order valence-corrected chi connectivity index (χ1v) is 8.74. The molecule has 1 aromatic heterocycles. The largest absolute Gasteiger partial charge is 0.368 e. The minimum atomic E-state index is -0.195. The SMILES string of the molecule is Fc1ccccc1CCNc1cnnc(NCCc2ccc(Cl)cc2)n1. The zero-order valence-corrected chi connectivity index (χ0v) is 14.9. The fourth-order valence-electron chi connectivity index (χ4n) is 2.46. The summed E-state index contributed by atoms with van der Waals surface area (Å²) in [5.74, 6) is 0.861. The van der Waals surface area contributed by atoms with Crippen molar-refractivity contribution in [2.24, 2.45) is 0 Å². The monoisotopic (exact) mass is 371 g/mol. The van der Waals surface area contributed by atoms with Crippen molar-refractivity contribution in [1.29, 1.82) is 0 Å². The highest BCUT2D eigenvalue weighted by molar-refractivity contribution is 6.30. The fourth-order valence-corrected chi connectivity index (χ4v) is 2.59. The molecule has 134 valence electrons. The molecule has 7 heteroatoms. The molecule has 0 unspecified atom stereocenters. The predicted octanol–water partition coefficient (Wildman–Crippen LogP) is 3.97. The van der Waals surface area contributed by atoms with Gasteiger partial charge in [-0.2, -0.15) is 10.1 Å². The summed E-state index contributed by atoms with van der Waals surface area (Å²) >= 11 is 5.88. The number of benzene rings is 2. The maximum atomic E-state index is 13.6. The number of aromatic nitrogens is 3. The van der Waals surface area contributed by atoms with Gasteiger partial charge in [-0.25, -0.2) is 4.39 Å². The van der Waals surface area contributed by atoms with E-state index in [4.69, 9.17) is 11.6 Å². The van der Waals surface area contributed by atoms with Crippen molar-refractivity contribution in [3.8, 4) is 0 Å². The third-order valence-corrected chi connectivity index (χ3v) is 4.08. The van der Waals surface area contributed by atoms with Crippen molar-refractivity contribution >= 4 is 23.4 Å². The van der Waals surface area contributed by atoms with Gasteiger partial charge in [-0.05, 0) is 42.2 Å². The van der Waals surface area contributed by atoms with Gasteiger partial charge < -0.3 is 10.6 Å². The van der Waals surface area contributed by atoms with Gasteiger partial charge in [0.25, 0.3) is 0 Å². The highest BCUT2D eigenvalue weighted by Crippen LogP contribution is 2.11. The molecule has 0 aliphatic heterocycles. The molecule has 0 saturated carbocycles. The summed E-state index contributed by atoms with van der Waals surface area (Å²) in [4.78, 5) is 4.36. The first-order chi connectivity index (χ1) is 12.7. The fraction of sp³-hybridized carbons (Fsp3) is 0.211. The number of halogens is 2. The molecular formula is C19H19ClFN5. The molecule has 26 heavy (non-hydrogen) atoms. The Morgan fingerprint density at radius 2 is 1.69 bits per heavy atom. The van der Waals surface area contributed by atoms with E-state index in [0.717, 1.165) is 11.4 Å². The number of hydrogen-bond donors (Lipinski definition) is 2. The normalized spacial score (nSPS) is 10.5. The van der Waals surface area contributed by atoms with Crippen LogP contribution < -0.4 is 10.6 Å². The lowest BCUT2D eigenvalue weighted by Crippen LogP contribution is -2.12. The van der Waals surface area contributed by atoms with Crippen LogP contribution in [0.5, 0.6) is 0 Å². The van der Waals surface area contributed by atoms with Crippen LogP contribution >= 0.6 is 11.6 Å². The van der Waals surface area contributed by atoms with Crippen molar-refractivity contribution in [3.05, 3.63) is 76.7 Å². The van der Waals surface area contributed by atoms with Gasteiger partial charge in [0, 0.05) is 18.1 Å². The molecule has 0 atom stereocenters. The molecule has 2 aromatic carbocycles. The van der Waals surface area contributed by atoms with Crippen LogP contribution in [0.25, 0.3) is 0 Å². The molecule has 0 radical (unpaired) electrons. The molecule has 0 aliphatic rings. The van der Waals surface area contributed by atoms with Gasteiger partial charge >= 0.3 is 0 Å². The van der Waals surface area contributed by atoms with Crippen LogP contribution in [-0.2, 0) is 12.8 Å². The van der Waals surface area contributed by atoms with E-state index in [0.29, 0.717) is 36.8 Å². The minimum absolute atomic E-state index is 0.195. The van der Waals surface area contributed by atoms with E-state index >= 15 is 0 Å². The summed E-state index contributed by atoms with van der Waals surface area (Å²) in [5.41, 5.74) is 1.84. The lowest BCUT2D eigenvalue weighted by Gasteiger charge is -2.08. The van der Waals surface area contributed by atoms with E-state index in [2.05, 4.69) is 25.8 Å². The summed E-state index contributed by atoms with van der Waals surface area (Å²) in [6.07, 6.45) is 2.94. The zero-order chi connectivity index (χ0) is 18.2. The molecule has 0 spiro atoms. The molecule has 3 rings (SSSR count). The molecule has 5 nitrogen and oxygen atoms in total. The second-order valence-electron chi connectivity index (χ2n) is 5.74. The maximum Gasteiger partial charge on any atom is 0.244 e. The first kappa shape index (κ1) is 18.1. The Balaban J connectivity index is 1.47. The molecule has 3 aromatic rings. The van der Waals surface area contributed by atoms with Crippen LogP contribution in [0.4, 0.5) is 16.2 Å². The third-order valence-electron chi connectivity index (χ3n) is 3.83. The number of nitrogens with one attached hydrogen (secondary N) is 2. The van der Waals surface area contributed by atoms with E-state index in [1.165, 1.54) is 11.6 Å². The van der Waals surface area contributed by atoms with Gasteiger partial charge in [-0.3, -0.25) is 0 Å². The number of rotatable bonds is 8. The Morgan fingerprint density at radius 3 is 2.50 bits per heavy atom. The second kappa shape index (κ2) is 9.10. The Bertz CT molecular complexity index is 841. The van der Waals surface area contributed by atoms with Crippen molar-refractivity contribution in [1.82, 2.24) is 15.2 Å². The minimum Gasteiger partial charge on any atom is -0.368 e. The Morgan fingerprint density at radius 1 is 0.923 bits per heavy atom. The van der Waals surface area contributed by atoms with Gasteiger partial charge in [-0.1, -0.05) is 41.9 Å². The zero-order valence-electron chi connectivity index (χ0n) is 14.1. The molecule has 0 aliphatic carbocycles. The molecule has 0 bridgehead atoms. The van der Waals surface area contributed by atoms with Crippen molar-refractivity contribution in [2.45, 2.75) is 12.8 Å². The summed E-state index contributed by atoms with van der Waals surface area (Å²) in [5, 5.41) is 14.9. The molecule has 2 N–H and O–H groups in total. The Hall–Kier alpha value is -2.73. The van der Waals surface area contributed by atoms with Gasteiger partial charge in [0.15, 0.2) is 5.82 Å². The van der Waals surface area contributed by atoms with Crippen LogP contribution in [0.1, 0.15) is 11.1 Å². The number of hydrogen-bond acceptors (Lipinski definition) is 5. The third kappa shape index (κ3) is 5.39. The molecular weight excluding hydrogens is 353 g/mol. The molecule has 1 heterocycles. The van der Waals surface area contributed by atoms with Gasteiger partial charge in [0.05, 0.1) is 6.20 Å². The Labute approximate surface area is 156 Å². The summed E-state index contributed by atoms with van der Waals surface area (Å²) in [6, 6.07) is 14.5. The van der Waals surface area contributed by atoms with E-state index < -0.39 is 0 Å². The average Bonchev–Trinajstić information content (AvgIpc) is 2.65.